The number of hydrogen-bond acceptors (Lipinski definition) is 4. The lowest BCUT2D eigenvalue weighted by molar-refractivity contribution is 0.00133. The molecule has 1 saturated heterocycles. The van der Waals surface area contributed by atoms with Crippen molar-refractivity contribution in [3.05, 3.63) is 29.3 Å². The van der Waals surface area contributed by atoms with Gasteiger partial charge in [-0.3, -0.25) is 0 Å². The van der Waals surface area contributed by atoms with Crippen molar-refractivity contribution in [2.24, 2.45) is 5.92 Å². The molecule has 1 aromatic carbocycles. The summed E-state index contributed by atoms with van der Waals surface area (Å²) >= 11 is 0. The third-order valence-electron chi connectivity index (χ3n) is 4.66. The van der Waals surface area contributed by atoms with Crippen LogP contribution in [0.25, 0.3) is 11.4 Å². The minimum absolute atomic E-state index is 0.206. The fraction of sp³-hybridized carbons (Fsp3) is 0.526. The van der Waals surface area contributed by atoms with Gasteiger partial charge in [-0.1, -0.05) is 24.0 Å². The van der Waals surface area contributed by atoms with E-state index < -0.39 is 0 Å². The summed E-state index contributed by atoms with van der Waals surface area (Å²) < 4.78 is 5.75. The summed E-state index contributed by atoms with van der Waals surface area (Å²) in [6.45, 7) is 3.59. The number of rotatable bonds is 3. The van der Waals surface area contributed by atoms with Crippen LogP contribution in [0.5, 0.6) is 0 Å². The summed E-state index contributed by atoms with van der Waals surface area (Å²) in [6, 6.07) is 6.12. The Morgan fingerprint density at radius 1 is 1.25 bits per heavy atom. The molecule has 0 bridgehead atoms. The Kier molecular flexibility index (Phi) is 4.31. The smallest absolute Gasteiger partial charge is 0.205 e. The standard InChI is InChI=1S/C19H22N4O/c1-14-16(11-10-15-8-9-15)5-4-7-18(14)19-20-22-23(21-19)13-17-6-2-3-12-24-17/h4-5,7,15,17H,2-3,6,8-9,12-13H2,1H3. The summed E-state index contributed by atoms with van der Waals surface area (Å²) in [5.74, 6) is 7.89. The largest absolute Gasteiger partial charge is 0.376 e. The van der Waals surface area contributed by atoms with Gasteiger partial charge in [-0.25, -0.2) is 0 Å². The molecule has 2 aliphatic rings. The fourth-order valence-electron chi connectivity index (χ4n) is 2.98. The molecule has 0 N–H and O–H groups in total. The van der Waals surface area contributed by atoms with Gasteiger partial charge in [-0.05, 0) is 55.9 Å². The second kappa shape index (κ2) is 6.74. The van der Waals surface area contributed by atoms with Crippen LogP contribution in [-0.4, -0.2) is 32.9 Å². The monoisotopic (exact) mass is 322 g/mol. The van der Waals surface area contributed by atoms with Crippen molar-refractivity contribution < 1.29 is 4.74 Å². The molecule has 1 saturated carbocycles. The predicted octanol–water partition coefficient (Wildman–Crippen LogP) is 2.98. The Morgan fingerprint density at radius 3 is 2.96 bits per heavy atom. The second-order valence-electron chi connectivity index (χ2n) is 6.68. The summed E-state index contributed by atoms with van der Waals surface area (Å²) in [5, 5.41) is 13.0. The molecule has 5 nitrogen and oxygen atoms in total. The van der Waals surface area contributed by atoms with Gasteiger partial charge >= 0.3 is 0 Å². The van der Waals surface area contributed by atoms with Crippen molar-refractivity contribution in [1.82, 2.24) is 20.2 Å². The maximum absolute atomic E-state index is 5.75. The molecule has 0 spiro atoms. The fourth-order valence-corrected chi connectivity index (χ4v) is 2.98. The van der Waals surface area contributed by atoms with Crippen LogP contribution in [0.2, 0.25) is 0 Å². The van der Waals surface area contributed by atoms with E-state index in [-0.39, 0.29) is 6.10 Å². The van der Waals surface area contributed by atoms with Gasteiger partial charge < -0.3 is 4.74 Å². The van der Waals surface area contributed by atoms with Gasteiger partial charge in [0, 0.05) is 23.7 Å². The second-order valence-corrected chi connectivity index (χ2v) is 6.68. The summed E-state index contributed by atoms with van der Waals surface area (Å²) in [6.07, 6.45) is 6.13. The Labute approximate surface area is 142 Å². The molecule has 0 amide bonds. The summed E-state index contributed by atoms with van der Waals surface area (Å²) in [4.78, 5) is 1.66. The minimum atomic E-state index is 0.206. The topological polar surface area (TPSA) is 52.8 Å². The third kappa shape index (κ3) is 3.49. The van der Waals surface area contributed by atoms with E-state index in [1.807, 2.05) is 12.1 Å². The predicted molar refractivity (Wildman–Crippen MR) is 91.2 cm³/mol. The Hall–Kier alpha value is -2.19. The Bertz CT molecular complexity index is 776. The molecule has 1 aliphatic carbocycles. The summed E-state index contributed by atoms with van der Waals surface area (Å²) in [5.41, 5.74) is 3.19. The average molecular weight is 322 g/mol. The number of benzene rings is 1. The first-order chi connectivity index (χ1) is 11.8. The highest BCUT2D eigenvalue weighted by Gasteiger charge is 2.19. The van der Waals surface area contributed by atoms with Crippen molar-refractivity contribution in [3.8, 4) is 23.2 Å². The first-order valence-corrected chi connectivity index (χ1v) is 8.80. The Morgan fingerprint density at radius 2 is 2.17 bits per heavy atom. The van der Waals surface area contributed by atoms with Gasteiger partial charge in [0.05, 0.1) is 12.6 Å². The molecule has 4 rings (SSSR count). The molecule has 124 valence electrons. The lowest BCUT2D eigenvalue weighted by Gasteiger charge is -2.21. The molecule has 2 heterocycles. The van der Waals surface area contributed by atoms with E-state index in [9.17, 15) is 0 Å². The average Bonchev–Trinajstić information content (AvgIpc) is 3.33. The normalized spacial score (nSPS) is 20.5. The zero-order valence-corrected chi connectivity index (χ0v) is 14.0. The lowest BCUT2D eigenvalue weighted by atomic mass is 10.0. The van der Waals surface area contributed by atoms with Crippen LogP contribution in [0.3, 0.4) is 0 Å². The van der Waals surface area contributed by atoms with Crippen molar-refractivity contribution in [3.63, 3.8) is 0 Å². The van der Waals surface area contributed by atoms with Gasteiger partial charge in [0.2, 0.25) is 5.82 Å². The lowest BCUT2D eigenvalue weighted by Crippen LogP contribution is -2.25. The van der Waals surface area contributed by atoms with Gasteiger partial charge in [0.15, 0.2) is 0 Å². The number of nitrogens with zero attached hydrogens (tertiary/aromatic N) is 4. The van der Waals surface area contributed by atoms with Crippen LogP contribution >= 0.6 is 0 Å². The van der Waals surface area contributed by atoms with Crippen LogP contribution in [0.4, 0.5) is 0 Å². The SMILES string of the molecule is Cc1c(C#CC2CC2)cccc1-c1nnn(CC2CCCCO2)n1. The van der Waals surface area contributed by atoms with Gasteiger partial charge in [0.25, 0.3) is 0 Å². The van der Waals surface area contributed by atoms with Crippen LogP contribution < -0.4 is 0 Å². The third-order valence-corrected chi connectivity index (χ3v) is 4.66. The van der Waals surface area contributed by atoms with Gasteiger partial charge in [-0.15, -0.1) is 10.2 Å². The molecule has 1 unspecified atom stereocenters. The number of hydrogen-bond donors (Lipinski definition) is 0. The molecule has 24 heavy (non-hydrogen) atoms. The molecular formula is C19H22N4O. The van der Waals surface area contributed by atoms with E-state index in [0.717, 1.165) is 36.1 Å². The quantitative estimate of drug-likeness (QED) is 0.815. The van der Waals surface area contributed by atoms with Crippen molar-refractivity contribution in [1.29, 1.82) is 0 Å². The highest BCUT2D eigenvalue weighted by Crippen LogP contribution is 2.28. The van der Waals surface area contributed by atoms with Crippen LogP contribution in [0.1, 0.15) is 43.2 Å². The first-order valence-electron chi connectivity index (χ1n) is 8.80. The molecule has 0 radical (unpaired) electrons. The molecular weight excluding hydrogens is 300 g/mol. The van der Waals surface area contributed by atoms with E-state index in [0.29, 0.717) is 18.3 Å². The molecule has 2 fully saturated rings. The molecule has 1 atom stereocenters. The zero-order chi connectivity index (χ0) is 16.4. The number of tetrazole rings is 1. The number of ether oxygens (including phenoxy) is 1. The van der Waals surface area contributed by atoms with Crippen molar-refractivity contribution >= 4 is 0 Å². The molecule has 1 aromatic heterocycles. The van der Waals surface area contributed by atoms with E-state index >= 15 is 0 Å². The van der Waals surface area contributed by atoms with E-state index in [4.69, 9.17) is 4.74 Å². The van der Waals surface area contributed by atoms with Crippen LogP contribution in [0.15, 0.2) is 18.2 Å². The Balaban J connectivity index is 1.53. The van der Waals surface area contributed by atoms with Gasteiger partial charge in [-0.2, -0.15) is 4.80 Å². The first kappa shape index (κ1) is 15.3. The van der Waals surface area contributed by atoms with E-state index in [1.165, 1.54) is 19.3 Å². The summed E-state index contributed by atoms with van der Waals surface area (Å²) in [7, 11) is 0. The van der Waals surface area contributed by atoms with Crippen molar-refractivity contribution in [2.45, 2.75) is 51.7 Å². The highest BCUT2D eigenvalue weighted by molar-refractivity contribution is 5.63. The van der Waals surface area contributed by atoms with E-state index in [1.54, 1.807) is 4.80 Å². The molecule has 5 heteroatoms. The number of aromatic nitrogens is 4. The zero-order valence-electron chi connectivity index (χ0n) is 14.0. The molecule has 1 aliphatic heterocycles. The van der Waals surface area contributed by atoms with Crippen LogP contribution in [-0.2, 0) is 11.3 Å². The van der Waals surface area contributed by atoms with Crippen LogP contribution in [0, 0.1) is 24.7 Å². The van der Waals surface area contributed by atoms with E-state index in [2.05, 4.69) is 40.2 Å². The minimum Gasteiger partial charge on any atom is -0.376 e. The maximum atomic E-state index is 5.75. The van der Waals surface area contributed by atoms with Crippen molar-refractivity contribution in [2.75, 3.05) is 6.61 Å². The van der Waals surface area contributed by atoms with Gasteiger partial charge in [0.1, 0.15) is 0 Å². The maximum Gasteiger partial charge on any atom is 0.205 e. The highest BCUT2D eigenvalue weighted by atomic mass is 16.5. The molecule has 2 aromatic rings.